The van der Waals surface area contributed by atoms with Crippen LogP contribution >= 0.6 is 0 Å². The molecule has 1 aromatic rings. The molecule has 9 heteroatoms. The molecule has 0 aliphatic carbocycles. The molecule has 23 heavy (non-hydrogen) atoms. The number of ether oxygens (including phenoxy) is 1. The molecule has 0 radical (unpaired) electrons. The monoisotopic (exact) mass is 344 g/mol. The lowest BCUT2D eigenvalue weighted by molar-refractivity contribution is 0.0521. The number of carbonyl (C=O) groups excluding carboxylic acids is 1. The Balaban J connectivity index is 2.34. The quantitative estimate of drug-likeness (QED) is 0.707. The van der Waals surface area contributed by atoms with E-state index in [1.165, 1.54) is 10.5 Å². The van der Waals surface area contributed by atoms with Gasteiger partial charge in [0.1, 0.15) is 5.56 Å². The highest BCUT2D eigenvalue weighted by Crippen LogP contribution is 2.24. The van der Waals surface area contributed by atoms with E-state index in [9.17, 15) is 13.2 Å². The van der Waals surface area contributed by atoms with Crippen LogP contribution in [0.1, 0.15) is 43.5 Å². The number of sulfonamides is 1. The lowest BCUT2D eigenvalue weighted by Gasteiger charge is -2.33. The number of hydrogen-bond acceptors (Lipinski definition) is 6. The molecule has 1 aliphatic heterocycles. The van der Waals surface area contributed by atoms with E-state index in [2.05, 4.69) is 15.5 Å². The number of nitrogens with one attached hydrogen (secondary N) is 2. The second-order valence-corrected chi connectivity index (χ2v) is 7.26. The van der Waals surface area contributed by atoms with Gasteiger partial charge in [-0.3, -0.25) is 5.10 Å². The van der Waals surface area contributed by atoms with Gasteiger partial charge in [-0.05, 0) is 39.3 Å². The van der Waals surface area contributed by atoms with Gasteiger partial charge in [-0.15, -0.1) is 0 Å². The number of aromatic amines is 1. The highest BCUT2D eigenvalue weighted by Gasteiger charge is 2.36. The summed E-state index contributed by atoms with van der Waals surface area (Å²) < 4.78 is 32.5. The number of rotatable bonds is 7. The Morgan fingerprint density at radius 3 is 2.70 bits per heavy atom. The van der Waals surface area contributed by atoms with Crippen molar-refractivity contribution in [1.82, 2.24) is 19.8 Å². The van der Waals surface area contributed by atoms with Crippen LogP contribution in [0.25, 0.3) is 0 Å². The molecule has 8 nitrogen and oxygen atoms in total. The average Bonchev–Trinajstić information content (AvgIpc) is 3.04. The third-order valence-electron chi connectivity index (χ3n) is 3.83. The van der Waals surface area contributed by atoms with E-state index < -0.39 is 16.0 Å². The highest BCUT2D eigenvalue weighted by atomic mass is 32.2. The van der Waals surface area contributed by atoms with Crippen molar-refractivity contribution in [2.24, 2.45) is 0 Å². The van der Waals surface area contributed by atoms with Gasteiger partial charge in [-0.25, -0.2) is 13.2 Å². The van der Waals surface area contributed by atoms with Crippen molar-refractivity contribution in [1.29, 1.82) is 0 Å². The van der Waals surface area contributed by atoms with Gasteiger partial charge < -0.3 is 10.1 Å². The molecule has 1 saturated heterocycles. The summed E-state index contributed by atoms with van der Waals surface area (Å²) in [7, 11) is -3.83. The van der Waals surface area contributed by atoms with Crippen molar-refractivity contribution in [3.63, 3.8) is 0 Å². The maximum atomic E-state index is 13.0. The van der Waals surface area contributed by atoms with Crippen molar-refractivity contribution >= 4 is 16.0 Å². The molecule has 2 heterocycles. The van der Waals surface area contributed by atoms with Gasteiger partial charge in [0, 0.05) is 12.6 Å². The molecule has 0 amide bonds. The Morgan fingerprint density at radius 2 is 2.09 bits per heavy atom. The Morgan fingerprint density at radius 1 is 1.39 bits per heavy atom. The predicted octanol–water partition coefficient (Wildman–Crippen LogP) is 0.739. The number of nitrogens with zero attached hydrogens (tertiary/aromatic N) is 2. The summed E-state index contributed by atoms with van der Waals surface area (Å²) in [5.74, 6) is -0.679. The van der Waals surface area contributed by atoms with E-state index in [0.717, 1.165) is 25.9 Å². The number of piperidine rings is 1. The first-order chi connectivity index (χ1) is 11.0. The number of esters is 1. The summed E-state index contributed by atoms with van der Waals surface area (Å²) in [6, 6.07) is -0.0699. The van der Waals surface area contributed by atoms with Crippen molar-refractivity contribution in [2.75, 3.05) is 26.2 Å². The lowest BCUT2D eigenvalue weighted by Crippen LogP contribution is -2.46. The van der Waals surface area contributed by atoms with Gasteiger partial charge in [-0.2, -0.15) is 9.40 Å². The Labute approximate surface area is 136 Å². The van der Waals surface area contributed by atoms with Crippen LogP contribution < -0.4 is 5.32 Å². The second-order valence-electron chi connectivity index (χ2n) is 5.43. The van der Waals surface area contributed by atoms with Crippen molar-refractivity contribution in [3.05, 3.63) is 11.8 Å². The molecular weight excluding hydrogens is 320 g/mol. The number of carbonyl (C=O) groups is 1. The van der Waals surface area contributed by atoms with Crippen LogP contribution in [0.4, 0.5) is 0 Å². The fraction of sp³-hybridized carbons (Fsp3) is 0.714. The van der Waals surface area contributed by atoms with Crippen LogP contribution in [0.5, 0.6) is 0 Å². The molecule has 2 rings (SSSR count). The SMILES string of the molecule is CCCN(C1CCNCC1)S(=O)(=O)c1[nH]ncc1C(=O)OCC. The van der Waals surface area contributed by atoms with Crippen LogP contribution in [0.2, 0.25) is 0 Å². The molecular formula is C14H24N4O4S. The zero-order valence-electron chi connectivity index (χ0n) is 13.5. The van der Waals surface area contributed by atoms with Crippen LogP contribution in [0.15, 0.2) is 11.2 Å². The zero-order valence-corrected chi connectivity index (χ0v) is 14.4. The van der Waals surface area contributed by atoms with E-state index >= 15 is 0 Å². The molecule has 0 atom stereocenters. The summed E-state index contributed by atoms with van der Waals surface area (Å²) >= 11 is 0. The summed E-state index contributed by atoms with van der Waals surface area (Å²) in [4.78, 5) is 12.0. The van der Waals surface area contributed by atoms with Crippen LogP contribution in [0, 0.1) is 0 Å². The molecule has 0 unspecified atom stereocenters. The number of H-pyrrole nitrogens is 1. The third kappa shape index (κ3) is 3.91. The van der Waals surface area contributed by atoms with Crippen LogP contribution in [-0.4, -0.2) is 61.2 Å². The molecule has 2 N–H and O–H groups in total. The fourth-order valence-electron chi connectivity index (χ4n) is 2.76. The summed E-state index contributed by atoms with van der Waals surface area (Å²) in [5.41, 5.74) is -0.0399. The van der Waals surface area contributed by atoms with Gasteiger partial charge in [0.05, 0.1) is 12.8 Å². The van der Waals surface area contributed by atoms with Gasteiger partial charge in [0.2, 0.25) is 0 Å². The molecule has 0 saturated carbocycles. The summed E-state index contributed by atoms with van der Waals surface area (Å²) in [6.45, 7) is 5.76. The lowest BCUT2D eigenvalue weighted by atomic mass is 10.1. The topological polar surface area (TPSA) is 104 Å². The van der Waals surface area contributed by atoms with E-state index in [1.54, 1.807) is 6.92 Å². The van der Waals surface area contributed by atoms with Crippen molar-refractivity contribution < 1.29 is 17.9 Å². The maximum Gasteiger partial charge on any atom is 0.342 e. The Bertz CT molecular complexity index is 622. The Hall–Kier alpha value is -1.45. The normalized spacial score (nSPS) is 16.7. The molecule has 0 spiro atoms. The first-order valence-electron chi connectivity index (χ1n) is 7.95. The first-order valence-corrected chi connectivity index (χ1v) is 9.39. The van der Waals surface area contributed by atoms with E-state index in [1.807, 2.05) is 6.92 Å². The minimum atomic E-state index is -3.83. The summed E-state index contributed by atoms with van der Waals surface area (Å²) in [6.07, 6.45) is 3.41. The molecule has 1 fully saturated rings. The Kier molecular flexibility index (Phi) is 6.14. The molecule has 1 aliphatic rings. The number of hydrogen-bond donors (Lipinski definition) is 2. The van der Waals surface area contributed by atoms with Crippen LogP contribution in [0.3, 0.4) is 0 Å². The predicted molar refractivity (Wildman–Crippen MR) is 84.6 cm³/mol. The van der Waals surface area contributed by atoms with E-state index in [-0.39, 0.29) is 23.2 Å². The molecule has 0 bridgehead atoms. The van der Waals surface area contributed by atoms with E-state index in [0.29, 0.717) is 13.0 Å². The molecule has 1 aromatic heterocycles. The smallest absolute Gasteiger partial charge is 0.342 e. The highest BCUT2D eigenvalue weighted by molar-refractivity contribution is 7.89. The van der Waals surface area contributed by atoms with E-state index in [4.69, 9.17) is 4.74 Å². The standard InChI is InChI=1S/C14H24N4O4S/c1-3-9-18(11-5-7-15-8-6-11)23(20,21)13-12(10-16-17-13)14(19)22-4-2/h10-11,15H,3-9H2,1-2H3,(H,16,17). The van der Waals surface area contributed by atoms with Gasteiger partial charge in [-0.1, -0.05) is 6.92 Å². The average molecular weight is 344 g/mol. The zero-order chi connectivity index (χ0) is 16.9. The fourth-order valence-corrected chi connectivity index (χ4v) is 4.60. The third-order valence-corrected chi connectivity index (χ3v) is 5.75. The number of aromatic nitrogens is 2. The molecule has 130 valence electrons. The minimum absolute atomic E-state index is 0.0399. The van der Waals surface area contributed by atoms with Gasteiger partial charge in [0.25, 0.3) is 10.0 Å². The van der Waals surface area contributed by atoms with Gasteiger partial charge >= 0.3 is 5.97 Å². The minimum Gasteiger partial charge on any atom is -0.462 e. The van der Waals surface area contributed by atoms with Crippen LogP contribution in [-0.2, 0) is 14.8 Å². The first kappa shape index (κ1) is 17.9. The summed E-state index contributed by atoms with van der Waals surface area (Å²) in [5, 5.41) is 9.25. The molecule has 0 aromatic carbocycles. The maximum absolute atomic E-state index is 13.0. The largest absolute Gasteiger partial charge is 0.462 e. The van der Waals surface area contributed by atoms with Crippen molar-refractivity contribution in [2.45, 2.75) is 44.2 Å². The van der Waals surface area contributed by atoms with Gasteiger partial charge in [0.15, 0.2) is 5.03 Å². The van der Waals surface area contributed by atoms with Crippen molar-refractivity contribution in [3.8, 4) is 0 Å². The second kappa shape index (κ2) is 7.89.